The molecule has 0 spiro atoms. The normalized spacial score (nSPS) is 17.9. The summed E-state index contributed by atoms with van der Waals surface area (Å²) in [5.41, 5.74) is 1.55. The highest BCUT2D eigenvalue weighted by Gasteiger charge is 2.13. The Morgan fingerprint density at radius 3 is 2.37 bits per heavy atom. The maximum absolute atomic E-state index is 11.2. The Morgan fingerprint density at radius 2 is 1.74 bits per heavy atom. The van der Waals surface area contributed by atoms with Gasteiger partial charge in [-0.2, -0.15) is 8.42 Å². The quantitative estimate of drug-likeness (QED) is 0.882. The summed E-state index contributed by atoms with van der Waals surface area (Å²) in [5, 5.41) is 5.04. The highest BCUT2D eigenvalue weighted by atomic mass is 32.2. The van der Waals surface area contributed by atoms with E-state index in [0.717, 1.165) is 25.2 Å². The van der Waals surface area contributed by atoms with Crippen LogP contribution in [0, 0.1) is 0 Å². The Kier molecular flexibility index (Phi) is 4.79. The van der Waals surface area contributed by atoms with Crippen molar-refractivity contribution in [2.24, 2.45) is 5.14 Å². The largest absolute Gasteiger partial charge is 0.299 e. The van der Waals surface area contributed by atoms with Gasteiger partial charge in [0, 0.05) is 6.54 Å². The van der Waals surface area contributed by atoms with E-state index in [0.29, 0.717) is 5.69 Å². The third kappa shape index (κ3) is 4.81. The Balaban J connectivity index is 2.10. The summed E-state index contributed by atoms with van der Waals surface area (Å²) in [5.74, 6) is 0. The van der Waals surface area contributed by atoms with E-state index in [1.807, 2.05) is 12.1 Å². The van der Waals surface area contributed by atoms with Crippen molar-refractivity contribution < 1.29 is 8.42 Å². The number of nitrogens with zero attached hydrogens (tertiary/aromatic N) is 1. The monoisotopic (exact) mass is 283 g/mol. The van der Waals surface area contributed by atoms with E-state index in [-0.39, 0.29) is 0 Å². The molecule has 6 heteroatoms. The maximum Gasteiger partial charge on any atom is 0.296 e. The molecular weight excluding hydrogens is 262 g/mol. The topological polar surface area (TPSA) is 75.4 Å². The standard InChI is InChI=1S/C13H21N3O2S/c14-19(17,18)15-13-8-4-3-7-12(13)11-16-9-5-1-2-6-10-16/h3-4,7-8,15H,1-2,5-6,9-11H2,(H2,14,17,18). The molecule has 1 aliphatic rings. The molecule has 106 valence electrons. The highest BCUT2D eigenvalue weighted by molar-refractivity contribution is 7.90. The molecule has 1 fully saturated rings. The fourth-order valence-electron chi connectivity index (χ4n) is 2.45. The molecule has 0 unspecified atom stereocenters. The Hall–Kier alpha value is -1.11. The predicted octanol–water partition coefficient (Wildman–Crippen LogP) is 1.68. The second-order valence-electron chi connectivity index (χ2n) is 4.99. The third-order valence-electron chi connectivity index (χ3n) is 3.36. The molecule has 0 bridgehead atoms. The van der Waals surface area contributed by atoms with Crippen molar-refractivity contribution in [2.45, 2.75) is 32.2 Å². The van der Waals surface area contributed by atoms with Gasteiger partial charge in [-0.15, -0.1) is 0 Å². The smallest absolute Gasteiger partial charge is 0.296 e. The minimum absolute atomic E-state index is 0.578. The summed E-state index contributed by atoms with van der Waals surface area (Å²) in [7, 11) is -3.72. The van der Waals surface area contributed by atoms with Crippen LogP contribution < -0.4 is 9.86 Å². The van der Waals surface area contributed by atoms with E-state index in [9.17, 15) is 8.42 Å². The van der Waals surface area contributed by atoms with E-state index in [4.69, 9.17) is 5.14 Å². The molecule has 0 saturated carbocycles. The van der Waals surface area contributed by atoms with Gasteiger partial charge < -0.3 is 0 Å². The molecule has 0 aliphatic carbocycles. The van der Waals surface area contributed by atoms with Gasteiger partial charge in [0.05, 0.1) is 5.69 Å². The van der Waals surface area contributed by atoms with E-state index >= 15 is 0 Å². The van der Waals surface area contributed by atoms with Crippen LogP contribution in [0.2, 0.25) is 0 Å². The molecule has 1 aromatic carbocycles. The summed E-state index contributed by atoms with van der Waals surface area (Å²) in [6.45, 7) is 2.91. The molecule has 0 atom stereocenters. The number of benzene rings is 1. The van der Waals surface area contributed by atoms with Gasteiger partial charge in [-0.3, -0.25) is 9.62 Å². The minimum Gasteiger partial charge on any atom is -0.299 e. The summed E-state index contributed by atoms with van der Waals surface area (Å²) in [6, 6.07) is 7.41. The second kappa shape index (κ2) is 6.36. The molecule has 1 saturated heterocycles. The van der Waals surface area contributed by atoms with Crippen molar-refractivity contribution in [1.82, 2.24) is 4.90 Å². The fraction of sp³-hybridized carbons (Fsp3) is 0.538. The van der Waals surface area contributed by atoms with Crippen LogP contribution >= 0.6 is 0 Å². The molecule has 3 N–H and O–H groups in total. The van der Waals surface area contributed by atoms with Crippen LogP contribution in [-0.4, -0.2) is 26.4 Å². The van der Waals surface area contributed by atoms with E-state index in [1.165, 1.54) is 25.7 Å². The van der Waals surface area contributed by atoms with Crippen LogP contribution in [-0.2, 0) is 16.8 Å². The van der Waals surface area contributed by atoms with Crippen molar-refractivity contribution in [2.75, 3.05) is 17.8 Å². The van der Waals surface area contributed by atoms with Crippen molar-refractivity contribution in [3.63, 3.8) is 0 Å². The lowest BCUT2D eigenvalue weighted by molar-refractivity contribution is 0.277. The van der Waals surface area contributed by atoms with E-state index < -0.39 is 10.2 Å². The molecule has 0 amide bonds. The number of nitrogens with one attached hydrogen (secondary N) is 1. The third-order valence-corrected chi connectivity index (χ3v) is 3.87. The lowest BCUT2D eigenvalue weighted by Gasteiger charge is -2.21. The SMILES string of the molecule is NS(=O)(=O)Nc1ccccc1CN1CCCCCC1. The first-order chi connectivity index (χ1) is 9.04. The molecule has 1 aromatic rings. The molecule has 1 heterocycles. The van der Waals surface area contributed by atoms with Crippen LogP contribution in [0.3, 0.4) is 0 Å². The number of hydrogen-bond acceptors (Lipinski definition) is 3. The van der Waals surface area contributed by atoms with E-state index in [1.54, 1.807) is 12.1 Å². The summed E-state index contributed by atoms with van der Waals surface area (Å²) >= 11 is 0. The van der Waals surface area contributed by atoms with Crippen molar-refractivity contribution in [3.05, 3.63) is 29.8 Å². The number of hydrogen-bond donors (Lipinski definition) is 2. The first-order valence-electron chi connectivity index (χ1n) is 6.65. The van der Waals surface area contributed by atoms with Crippen molar-refractivity contribution in [3.8, 4) is 0 Å². The Morgan fingerprint density at radius 1 is 1.11 bits per heavy atom. The number of nitrogens with two attached hydrogens (primary N) is 1. The number of anilines is 1. The molecule has 19 heavy (non-hydrogen) atoms. The van der Waals surface area contributed by atoms with Gasteiger partial charge in [0.2, 0.25) is 0 Å². The second-order valence-corrected chi connectivity index (χ2v) is 6.29. The summed E-state index contributed by atoms with van der Waals surface area (Å²) < 4.78 is 24.7. The zero-order chi connectivity index (χ0) is 13.7. The molecule has 0 radical (unpaired) electrons. The zero-order valence-electron chi connectivity index (χ0n) is 11.0. The van der Waals surface area contributed by atoms with Crippen LogP contribution in [0.15, 0.2) is 24.3 Å². The Bertz CT molecular complexity index is 508. The average molecular weight is 283 g/mol. The van der Waals surface area contributed by atoms with Gasteiger partial charge in [-0.25, -0.2) is 5.14 Å². The van der Waals surface area contributed by atoms with Crippen LogP contribution in [0.4, 0.5) is 5.69 Å². The van der Waals surface area contributed by atoms with Gasteiger partial charge in [-0.05, 0) is 37.6 Å². The van der Waals surface area contributed by atoms with Gasteiger partial charge in [0.1, 0.15) is 0 Å². The zero-order valence-corrected chi connectivity index (χ0v) is 11.8. The van der Waals surface area contributed by atoms with Crippen molar-refractivity contribution >= 4 is 15.9 Å². The Labute approximate surface area is 115 Å². The van der Waals surface area contributed by atoms with Gasteiger partial charge >= 0.3 is 0 Å². The van der Waals surface area contributed by atoms with Gasteiger partial charge in [-0.1, -0.05) is 31.0 Å². The van der Waals surface area contributed by atoms with Gasteiger partial charge in [0.15, 0.2) is 0 Å². The molecular formula is C13H21N3O2S. The molecule has 2 rings (SSSR count). The molecule has 5 nitrogen and oxygen atoms in total. The lowest BCUT2D eigenvalue weighted by Crippen LogP contribution is -2.26. The predicted molar refractivity (Wildman–Crippen MR) is 76.9 cm³/mol. The van der Waals surface area contributed by atoms with Crippen LogP contribution in [0.25, 0.3) is 0 Å². The lowest BCUT2D eigenvalue weighted by atomic mass is 10.1. The summed E-state index contributed by atoms with van der Waals surface area (Å²) in [4.78, 5) is 2.37. The first kappa shape index (κ1) is 14.3. The fourth-order valence-corrected chi connectivity index (χ4v) is 2.95. The van der Waals surface area contributed by atoms with Gasteiger partial charge in [0.25, 0.3) is 10.2 Å². The number of rotatable bonds is 4. The van der Waals surface area contributed by atoms with E-state index in [2.05, 4.69) is 9.62 Å². The number of para-hydroxylation sites is 1. The molecule has 1 aliphatic heterocycles. The van der Waals surface area contributed by atoms with Crippen LogP contribution in [0.1, 0.15) is 31.2 Å². The maximum atomic E-state index is 11.2. The number of likely N-dealkylation sites (tertiary alicyclic amines) is 1. The summed E-state index contributed by atoms with van der Waals surface area (Å²) in [6.07, 6.45) is 5.00. The first-order valence-corrected chi connectivity index (χ1v) is 8.20. The molecule has 0 aromatic heterocycles. The average Bonchev–Trinajstić information content (AvgIpc) is 2.58. The van der Waals surface area contributed by atoms with Crippen molar-refractivity contribution in [1.29, 1.82) is 0 Å². The highest BCUT2D eigenvalue weighted by Crippen LogP contribution is 2.20. The minimum atomic E-state index is -3.72. The van der Waals surface area contributed by atoms with Crippen LogP contribution in [0.5, 0.6) is 0 Å².